The number of hydrogen-bond acceptors (Lipinski definition) is 9. The molecule has 4 rings (SSSR count). The van der Waals surface area contributed by atoms with Crippen molar-refractivity contribution in [1.29, 1.82) is 0 Å². The van der Waals surface area contributed by atoms with Crippen LogP contribution in [0.2, 0.25) is 5.02 Å². The van der Waals surface area contributed by atoms with Crippen molar-refractivity contribution in [2.24, 2.45) is 10.1 Å². The number of aliphatic carboxylic acids is 1. The zero-order valence-electron chi connectivity index (χ0n) is 22.8. The summed E-state index contributed by atoms with van der Waals surface area (Å²) in [5.41, 5.74) is 0.865. The first-order chi connectivity index (χ1) is 20.1. The van der Waals surface area contributed by atoms with Gasteiger partial charge in [0.2, 0.25) is 0 Å². The standard InChI is InChI=1S/C27H31ClF2N8O4/c1-17(25-32-8-3-9-38(25)31-2)26(41)34-21-16-37(13-12-36-10-6-19(7-11-36)33-15-23(39)40)35-24(21)20-14-18(28)4-5-22(20)42-27(29)30/h3-5,8-9,14,16,19,27,33H,2,6-7,10-13,15H2,1H3,(H,34,41)(H,39,40)/b25-17+. The normalized spacial score (nSPS) is 17.0. The summed E-state index contributed by atoms with van der Waals surface area (Å²) in [5.74, 6) is -1.28. The van der Waals surface area contributed by atoms with Crippen molar-refractivity contribution >= 4 is 42.1 Å². The maximum atomic E-state index is 13.3. The van der Waals surface area contributed by atoms with E-state index < -0.39 is 18.5 Å². The smallest absolute Gasteiger partial charge is 0.387 e. The van der Waals surface area contributed by atoms with Crippen molar-refractivity contribution < 1.29 is 28.2 Å². The molecular formula is C27H31ClF2N8O4. The molecule has 0 spiro atoms. The van der Waals surface area contributed by atoms with Crippen LogP contribution in [0.15, 0.2) is 58.2 Å². The van der Waals surface area contributed by atoms with Gasteiger partial charge < -0.3 is 25.4 Å². The number of ether oxygens (including phenoxy) is 1. The Morgan fingerprint density at radius 1 is 1.29 bits per heavy atom. The zero-order chi connectivity index (χ0) is 30.2. The van der Waals surface area contributed by atoms with E-state index in [2.05, 4.69) is 37.4 Å². The lowest BCUT2D eigenvalue weighted by Gasteiger charge is -2.32. The Kier molecular flexibility index (Phi) is 10.4. The quantitative estimate of drug-likeness (QED) is 0.247. The molecule has 0 radical (unpaired) electrons. The Labute approximate surface area is 246 Å². The lowest BCUT2D eigenvalue weighted by molar-refractivity contribution is -0.136. The van der Waals surface area contributed by atoms with Crippen molar-refractivity contribution in [3.8, 4) is 17.0 Å². The van der Waals surface area contributed by atoms with Crippen molar-refractivity contribution in [1.82, 2.24) is 25.0 Å². The van der Waals surface area contributed by atoms with Gasteiger partial charge in [-0.05, 0) is 57.1 Å². The number of carboxylic acids is 1. The van der Waals surface area contributed by atoms with E-state index in [9.17, 15) is 18.4 Å². The van der Waals surface area contributed by atoms with E-state index in [-0.39, 0.29) is 51.7 Å². The number of carbonyl (C=O) groups excluding carboxylic acids is 1. The zero-order valence-corrected chi connectivity index (χ0v) is 23.6. The van der Waals surface area contributed by atoms with E-state index >= 15 is 0 Å². The first-order valence-corrected chi connectivity index (χ1v) is 13.5. The lowest BCUT2D eigenvalue weighted by atomic mass is 10.1. The van der Waals surface area contributed by atoms with Crippen LogP contribution in [0.4, 0.5) is 14.5 Å². The summed E-state index contributed by atoms with van der Waals surface area (Å²) in [6.45, 7) is 4.51. The number of anilines is 1. The highest BCUT2D eigenvalue weighted by Crippen LogP contribution is 2.37. The number of amides is 1. The molecule has 15 heteroatoms. The van der Waals surface area contributed by atoms with Crippen LogP contribution in [0.1, 0.15) is 19.8 Å². The number of likely N-dealkylation sites (tertiary alicyclic amines) is 1. The van der Waals surface area contributed by atoms with Crippen LogP contribution in [-0.4, -0.2) is 88.4 Å². The lowest BCUT2D eigenvalue weighted by Crippen LogP contribution is -2.44. The summed E-state index contributed by atoms with van der Waals surface area (Å²) in [6, 6.07) is 4.33. The predicted molar refractivity (Wildman–Crippen MR) is 155 cm³/mol. The fourth-order valence-electron chi connectivity index (χ4n) is 4.61. The SMILES string of the molecule is C=NN1C=CC=N/C1=C(/C)C(=O)Nc1cn(CCN2CCC(NCC(=O)O)CC2)nc1-c1cc(Cl)ccc1OC(F)F. The third-order valence-corrected chi connectivity index (χ3v) is 6.99. The predicted octanol–water partition coefficient (Wildman–Crippen LogP) is 3.63. The molecule has 0 atom stereocenters. The van der Waals surface area contributed by atoms with Crippen LogP contribution >= 0.6 is 11.6 Å². The minimum Gasteiger partial charge on any atom is -0.480 e. The van der Waals surface area contributed by atoms with E-state index in [4.69, 9.17) is 21.4 Å². The summed E-state index contributed by atoms with van der Waals surface area (Å²) < 4.78 is 32.8. The second-order valence-electron chi connectivity index (χ2n) is 9.57. The van der Waals surface area contributed by atoms with Crippen LogP contribution in [0.25, 0.3) is 11.3 Å². The molecule has 0 saturated carbocycles. The fourth-order valence-corrected chi connectivity index (χ4v) is 4.78. The molecule has 12 nitrogen and oxygen atoms in total. The number of carboxylic acid groups (broad SMARTS) is 1. The topological polar surface area (TPSA) is 137 Å². The van der Waals surface area contributed by atoms with E-state index in [0.717, 1.165) is 25.9 Å². The Hall–Kier alpha value is -4.14. The van der Waals surface area contributed by atoms with E-state index in [1.165, 1.54) is 29.4 Å². The number of aromatic nitrogens is 2. The Morgan fingerprint density at radius 2 is 2.05 bits per heavy atom. The number of benzene rings is 1. The molecule has 42 heavy (non-hydrogen) atoms. The molecule has 1 aromatic heterocycles. The van der Waals surface area contributed by atoms with Gasteiger partial charge in [0.15, 0.2) is 5.82 Å². The van der Waals surface area contributed by atoms with Gasteiger partial charge in [-0.15, -0.1) is 0 Å². The van der Waals surface area contributed by atoms with Gasteiger partial charge in [0.25, 0.3) is 5.91 Å². The summed E-state index contributed by atoms with van der Waals surface area (Å²) in [7, 11) is 0. The van der Waals surface area contributed by atoms with Gasteiger partial charge in [0.1, 0.15) is 11.4 Å². The molecule has 0 aliphatic carbocycles. The van der Waals surface area contributed by atoms with Gasteiger partial charge in [-0.2, -0.15) is 19.0 Å². The van der Waals surface area contributed by atoms with E-state index in [1.54, 1.807) is 30.1 Å². The van der Waals surface area contributed by atoms with E-state index in [1.807, 2.05) is 0 Å². The first-order valence-electron chi connectivity index (χ1n) is 13.1. The van der Waals surface area contributed by atoms with Crippen LogP contribution in [-0.2, 0) is 16.1 Å². The summed E-state index contributed by atoms with van der Waals surface area (Å²) in [6.07, 6.45) is 7.98. The summed E-state index contributed by atoms with van der Waals surface area (Å²) >= 11 is 6.21. The van der Waals surface area contributed by atoms with E-state index in [0.29, 0.717) is 13.1 Å². The molecule has 3 N–H and O–H groups in total. The largest absolute Gasteiger partial charge is 0.480 e. The number of allylic oxidation sites excluding steroid dienone is 1. The fraction of sp³-hybridized carbons (Fsp3) is 0.370. The number of hydrogen-bond donors (Lipinski definition) is 3. The van der Waals surface area contributed by atoms with Gasteiger partial charge in [0, 0.05) is 48.5 Å². The Bertz CT molecular complexity index is 1400. The summed E-state index contributed by atoms with van der Waals surface area (Å²) in [5, 5.41) is 24.8. The van der Waals surface area contributed by atoms with Crippen molar-refractivity contribution in [2.75, 3.05) is 31.5 Å². The average molecular weight is 605 g/mol. The molecule has 1 aromatic carbocycles. The number of hydrazone groups is 1. The molecule has 3 heterocycles. The number of aliphatic imine (C=N–C) groups is 1. The number of nitrogens with one attached hydrogen (secondary N) is 2. The maximum absolute atomic E-state index is 13.3. The monoisotopic (exact) mass is 604 g/mol. The Morgan fingerprint density at radius 3 is 2.74 bits per heavy atom. The van der Waals surface area contributed by atoms with Crippen molar-refractivity contribution in [2.45, 2.75) is 39.0 Å². The second kappa shape index (κ2) is 14.2. The number of piperidine rings is 1. The van der Waals surface area contributed by atoms with Gasteiger partial charge in [0.05, 0.1) is 24.4 Å². The molecule has 1 saturated heterocycles. The highest BCUT2D eigenvalue weighted by atomic mass is 35.5. The van der Waals surface area contributed by atoms with Crippen LogP contribution in [0.5, 0.6) is 5.75 Å². The first kappa shape index (κ1) is 30.8. The van der Waals surface area contributed by atoms with Crippen LogP contribution in [0, 0.1) is 0 Å². The molecule has 2 aliphatic rings. The molecule has 2 aliphatic heterocycles. The Balaban J connectivity index is 1.57. The number of carbonyl (C=O) groups is 2. The molecule has 224 valence electrons. The number of rotatable bonds is 12. The maximum Gasteiger partial charge on any atom is 0.387 e. The molecule has 2 aromatic rings. The molecular weight excluding hydrogens is 574 g/mol. The second-order valence-corrected chi connectivity index (χ2v) is 10.0. The molecule has 1 amide bonds. The van der Waals surface area contributed by atoms with Crippen molar-refractivity contribution in [3.05, 3.63) is 53.1 Å². The molecule has 1 fully saturated rings. The van der Waals surface area contributed by atoms with Gasteiger partial charge in [-0.25, -0.2) is 10.0 Å². The number of halogens is 3. The van der Waals surface area contributed by atoms with Gasteiger partial charge >= 0.3 is 12.6 Å². The third kappa shape index (κ3) is 7.99. The highest BCUT2D eigenvalue weighted by Gasteiger charge is 2.24. The average Bonchev–Trinajstić information content (AvgIpc) is 3.37. The highest BCUT2D eigenvalue weighted by molar-refractivity contribution is 6.31. The van der Waals surface area contributed by atoms with Crippen molar-refractivity contribution in [3.63, 3.8) is 0 Å². The van der Waals surface area contributed by atoms with Gasteiger partial charge in [-0.1, -0.05) is 11.6 Å². The van der Waals surface area contributed by atoms with Crippen LogP contribution in [0.3, 0.4) is 0 Å². The minimum absolute atomic E-state index is 0.0721. The number of alkyl halides is 2. The number of nitrogens with zero attached hydrogens (tertiary/aromatic N) is 6. The minimum atomic E-state index is -3.08. The van der Waals surface area contributed by atoms with Crippen LogP contribution < -0.4 is 15.4 Å². The summed E-state index contributed by atoms with van der Waals surface area (Å²) in [4.78, 5) is 30.6. The molecule has 0 unspecified atom stereocenters. The molecule has 0 bridgehead atoms. The third-order valence-electron chi connectivity index (χ3n) is 6.75. The van der Waals surface area contributed by atoms with Gasteiger partial charge in [-0.3, -0.25) is 14.3 Å².